The maximum atomic E-state index is 5.74. The fraction of sp³-hybridized carbons (Fsp3) is 0.250. The molecule has 1 aromatic carbocycles. The number of anilines is 1. The molecule has 0 atom stereocenters. The highest BCUT2D eigenvalue weighted by Crippen LogP contribution is 2.35. The van der Waals surface area contributed by atoms with E-state index in [1.165, 1.54) is 5.56 Å². The topological polar surface area (TPSA) is 61.3 Å². The van der Waals surface area contributed by atoms with Gasteiger partial charge in [-0.05, 0) is 11.1 Å². The molecule has 1 fully saturated rings. The van der Waals surface area contributed by atoms with Gasteiger partial charge in [-0.1, -0.05) is 29.4 Å². The van der Waals surface area contributed by atoms with Gasteiger partial charge in [0, 0.05) is 5.92 Å². The molecule has 2 aromatic rings. The zero-order valence-electron chi connectivity index (χ0n) is 8.72. The van der Waals surface area contributed by atoms with Crippen LogP contribution in [0, 0.1) is 0 Å². The first kappa shape index (κ1) is 9.42. The van der Waals surface area contributed by atoms with Gasteiger partial charge in [-0.3, -0.25) is 0 Å². The van der Waals surface area contributed by atoms with Gasteiger partial charge >= 0.3 is 0 Å². The molecule has 0 amide bonds. The number of benzene rings is 1. The Balaban J connectivity index is 2.09. The zero-order valence-corrected chi connectivity index (χ0v) is 8.72. The molecule has 16 heavy (non-hydrogen) atoms. The first-order chi connectivity index (χ1) is 7.86. The van der Waals surface area contributed by atoms with Crippen molar-refractivity contribution in [3.8, 4) is 11.1 Å². The van der Waals surface area contributed by atoms with Gasteiger partial charge in [0.25, 0.3) is 0 Å². The summed E-state index contributed by atoms with van der Waals surface area (Å²) in [7, 11) is 0. The summed E-state index contributed by atoms with van der Waals surface area (Å²) in [6.07, 6.45) is 1.66. The van der Waals surface area contributed by atoms with Crippen molar-refractivity contribution in [1.29, 1.82) is 0 Å². The second-order valence-corrected chi connectivity index (χ2v) is 3.93. The maximum absolute atomic E-state index is 5.74. The van der Waals surface area contributed by atoms with Gasteiger partial charge in [-0.2, -0.15) is 0 Å². The minimum Gasteiger partial charge on any atom is -0.380 e. The molecule has 4 heteroatoms. The van der Waals surface area contributed by atoms with Crippen LogP contribution in [0.1, 0.15) is 11.5 Å². The summed E-state index contributed by atoms with van der Waals surface area (Å²) in [6.45, 7) is 1.56. The molecule has 4 nitrogen and oxygen atoms in total. The molecule has 0 unspecified atom stereocenters. The summed E-state index contributed by atoms with van der Waals surface area (Å²) in [5.74, 6) is 0.832. The number of rotatable bonds is 2. The van der Waals surface area contributed by atoms with Crippen LogP contribution in [0.2, 0.25) is 0 Å². The summed E-state index contributed by atoms with van der Waals surface area (Å²) in [5, 5.41) is 3.71. The smallest absolute Gasteiger partial charge is 0.229 e. The van der Waals surface area contributed by atoms with Crippen LogP contribution < -0.4 is 5.73 Å². The lowest BCUT2D eigenvalue weighted by atomic mass is 9.90. The number of hydrogen-bond donors (Lipinski definition) is 1. The fourth-order valence-corrected chi connectivity index (χ4v) is 1.96. The predicted octanol–water partition coefficient (Wildman–Crippen LogP) is 2.04. The van der Waals surface area contributed by atoms with Gasteiger partial charge in [0.1, 0.15) is 0 Å². The van der Waals surface area contributed by atoms with Crippen molar-refractivity contribution in [2.75, 3.05) is 18.9 Å². The summed E-state index contributed by atoms with van der Waals surface area (Å²) < 4.78 is 10.1. The van der Waals surface area contributed by atoms with Gasteiger partial charge in [-0.15, -0.1) is 0 Å². The van der Waals surface area contributed by atoms with Gasteiger partial charge in [0.2, 0.25) is 5.88 Å². The van der Waals surface area contributed by atoms with Gasteiger partial charge in [0.15, 0.2) is 0 Å². The van der Waals surface area contributed by atoms with E-state index in [0.717, 1.165) is 24.3 Å². The highest BCUT2D eigenvalue weighted by atomic mass is 16.5. The third-order valence-corrected chi connectivity index (χ3v) is 2.93. The SMILES string of the molecule is Nc1oncc1-c1ccccc1C1COC1. The lowest BCUT2D eigenvalue weighted by molar-refractivity contribution is 0.00864. The Morgan fingerprint density at radius 3 is 2.62 bits per heavy atom. The largest absolute Gasteiger partial charge is 0.380 e. The van der Waals surface area contributed by atoms with Crippen LogP contribution in [0.25, 0.3) is 11.1 Å². The number of ether oxygens (including phenoxy) is 1. The van der Waals surface area contributed by atoms with Crippen molar-refractivity contribution in [2.24, 2.45) is 0 Å². The van der Waals surface area contributed by atoms with Gasteiger partial charge in [-0.25, -0.2) is 0 Å². The number of nitrogen functional groups attached to an aromatic ring is 1. The molecule has 3 rings (SSSR count). The lowest BCUT2D eigenvalue weighted by Crippen LogP contribution is -2.25. The second-order valence-electron chi connectivity index (χ2n) is 3.93. The first-order valence-corrected chi connectivity index (χ1v) is 5.23. The van der Waals surface area contributed by atoms with Crippen LogP contribution in [0.15, 0.2) is 35.0 Å². The Labute approximate surface area is 93.0 Å². The number of aromatic nitrogens is 1. The monoisotopic (exact) mass is 216 g/mol. The number of nitrogens with zero attached hydrogens (tertiary/aromatic N) is 1. The molecule has 0 aliphatic carbocycles. The van der Waals surface area contributed by atoms with Crippen molar-refractivity contribution in [1.82, 2.24) is 5.16 Å². The van der Waals surface area contributed by atoms with Gasteiger partial charge < -0.3 is 15.0 Å². The molecular formula is C12H12N2O2. The zero-order chi connectivity index (χ0) is 11.0. The minimum atomic E-state index is 0.368. The molecule has 2 N–H and O–H groups in total. The summed E-state index contributed by atoms with van der Waals surface area (Å²) in [6, 6.07) is 8.16. The molecule has 1 aromatic heterocycles. The standard InChI is InChI=1S/C12H12N2O2/c13-12-11(5-14-16-12)10-4-2-1-3-9(10)8-6-15-7-8/h1-5,8H,6-7,13H2. The third kappa shape index (κ3) is 1.39. The molecule has 1 aliphatic rings. The molecular weight excluding hydrogens is 204 g/mol. The normalized spacial score (nSPS) is 16.0. The Morgan fingerprint density at radius 1 is 1.19 bits per heavy atom. The third-order valence-electron chi connectivity index (χ3n) is 2.93. The van der Waals surface area contributed by atoms with E-state index in [1.807, 2.05) is 18.2 Å². The fourth-order valence-electron chi connectivity index (χ4n) is 1.96. The molecule has 2 heterocycles. The van der Waals surface area contributed by atoms with E-state index in [2.05, 4.69) is 11.2 Å². The second kappa shape index (κ2) is 3.64. The van der Waals surface area contributed by atoms with Crippen LogP contribution >= 0.6 is 0 Å². The summed E-state index contributed by atoms with van der Waals surface area (Å²) in [5.41, 5.74) is 8.95. The van der Waals surface area contributed by atoms with E-state index in [-0.39, 0.29) is 0 Å². The van der Waals surface area contributed by atoms with E-state index in [9.17, 15) is 0 Å². The van der Waals surface area contributed by atoms with Crippen LogP contribution in [0.5, 0.6) is 0 Å². The van der Waals surface area contributed by atoms with E-state index in [4.69, 9.17) is 15.0 Å². The van der Waals surface area contributed by atoms with Crippen molar-refractivity contribution in [3.63, 3.8) is 0 Å². The van der Waals surface area contributed by atoms with Crippen molar-refractivity contribution in [2.45, 2.75) is 5.92 Å². The Morgan fingerprint density at radius 2 is 2.00 bits per heavy atom. The number of nitrogens with two attached hydrogens (primary N) is 1. The summed E-state index contributed by atoms with van der Waals surface area (Å²) >= 11 is 0. The van der Waals surface area contributed by atoms with Crippen LogP contribution in [0.3, 0.4) is 0 Å². The molecule has 1 saturated heterocycles. The molecule has 0 radical (unpaired) electrons. The van der Waals surface area contributed by atoms with E-state index in [0.29, 0.717) is 11.8 Å². The average Bonchev–Trinajstić information content (AvgIpc) is 2.63. The van der Waals surface area contributed by atoms with Crippen LogP contribution in [-0.2, 0) is 4.74 Å². The molecule has 0 spiro atoms. The molecule has 0 bridgehead atoms. The summed E-state index contributed by atoms with van der Waals surface area (Å²) in [4.78, 5) is 0. The quantitative estimate of drug-likeness (QED) is 0.834. The van der Waals surface area contributed by atoms with E-state index >= 15 is 0 Å². The first-order valence-electron chi connectivity index (χ1n) is 5.23. The van der Waals surface area contributed by atoms with Crippen molar-refractivity contribution in [3.05, 3.63) is 36.0 Å². The minimum absolute atomic E-state index is 0.368. The van der Waals surface area contributed by atoms with Crippen molar-refractivity contribution < 1.29 is 9.26 Å². The number of hydrogen-bond acceptors (Lipinski definition) is 4. The molecule has 0 saturated carbocycles. The van der Waals surface area contributed by atoms with Crippen molar-refractivity contribution >= 4 is 5.88 Å². The van der Waals surface area contributed by atoms with Crippen LogP contribution in [-0.4, -0.2) is 18.4 Å². The Hall–Kier alpha value is -1.81. The highest BCUT2D eigenvalue weighted by molar-refractivity contribution is 5.75. The predicted molar refractivity (Wildman–Crippen MR) is 59.9 cm³/mol. The van der Waals surface area contributed by atoms with Gasteiger partial charge in [0.05, 0.1) is 25.0 Å². The molecule has 1 aliphatic heterocycles. The highest BCUT2D eigenvalue weighted by Gasteiger charge is 2.24. The van der Waals surface area contributed by atoms with E-state index in [1.54, 1.807) is 6.20 Å². The van der Waals surface area contributed by atoms with E-state index < -0.39 is 0 Å². The average molecular weight is 216 g/mol. The lowest BCUT2D eigenvalue weighted by Gasteiger charge is -2.28. The Kier molecular flexibility index (Phi) is 2.15. The maximum Gasteiger partial charge on any atom is 0.229 e. The Bertz CT molecular complexity index is 503. The van der Waals surface area contributed by atoms with Crippen LogP contribution in [0.4, 0.5) is 5.88 Å². The molecule has 82 valence electrons.